The third kappa shape index (κ3) is 5.09. The average Bonchev–Trinajstić information content (AvgIpc) is 3.05. The minimum atomic E-state index is 0.0211. The molecule has 0 atom stereocenters. The van der Waals surface area contributed by atoms with Crippen molar-refractivity contribution in [3.05, 3.63) is 29.0 Å². The Morgan fingerprint density at radius 3 is 2.92 bits per heavy atom. The van der Waals surface area contributed by atoms with Crippen molar-refractivity contribution < 1.29 is 9.53 Å². The Morgan fingerprint density at radius 2 is 2.15 bits per heavy atom. The smallest absolute Gasteiger partial charge is 0.317 e. The van der Waals surface area contributed by atoms with Crippen molar-refractivity contribution in [2.24, 2.45) is 0 Å². The van der Waals surface area contributed by atoms with Crippen molar-refractivity contribution in [1.29, 1.82) is 0 Å². The molecule has 0 aliphatic carbocycles. The summed E-state index contributed by atoms with van der Waals surface area (Å²) in [4.78, 5) is 24.3. The van der Waals surface area contributed by atoms with E-state index < -0.39 is 0 Å². The fourth-order valence-electron chi connectivity index (χ4n) is 3.11. The van der Waals surface area contributed by atoms with Gasteiger partial charge in [0, 0.05) is 57.8 Å². The van der Waals surface area contributed by atoms with Gasteiger partial charge in [0.1, 0.15) is 5.82 Å². The molecule has 1 aromatic heterocycles. The van der Waals surface area contributed by atoms with Crippen molar-refractivity contribution in [3.8, 4) is 0 Å². The number of aryl methyl sites for hydroxylation is 1. The fourth-order valence-corrected chi connectivity index (χ4v) is 3.28. The molecule has 0 bridgehead atoms. The van der Waals surface area contributed by atoms with Gasteiger partial charge in [-0.1, -0.05) is 11.6 Å². The van der Waals surface area contributed by atoms with Crippen LogP contribution in [0.25, 0.3) is 11.0 Å². The lowest BCUT2D eigenvalue weighted by Gasteiger charge is -2.34. The number of halogens is 1. The number of urea groups is 1. The molecule has 1 aliphatic heterocycles. The van der Waals surface area contributed by atoms with Crippen LogP contribution in [-0.2, 0) is 11.2 Å². The van der Waals surface area contributed by atoms with Crippen LogP contribution in [-0.4, -0.2) is 78.8 Å². The van der Waals surface area contributed by atoms with Gasteiger partial charge in [-0.2, -0.15) is 0 Å². The Hall–Kier alpha value is -1.83. The van der Waals surface area contributed by atoms with Crippen LogP contribution in [0.1, 0.15) is 12.2 Å². The predicted molar refractivity (Wildman–Crippen MR) is 103 cm³/mol. The Kier molecular flexibility index (Phi) is 6.71. The first kappa shape index (κ1) is 18.9. The number of carbonyl (C=O) groups is 1. The topological polar surface area (TPSA) is 73.5 Å². The zero-order valence-corrected chi connectivity index (χ0v) is 15.9. The van der Waals surface area contributed by atoms with Crippen LogP contribution < -0.4 is 5.32 Å². The highest BCUT2D eigenvalue weighted by Gasteiger charge is 2.20. The molecular formula is C18H26ClN5O2. The number of H-pyrrole nitrogens is 1. The van der Waals surface area contributed by atoms with Gasteiger partial charge in [0.2, 0.25) is 0 Å². The molecule has 2 aromatic rings. The van der Waals surface area contributed by atoms with E-state index in [-0.39, 0.29) is 6.03 Å². The molecule has 8 heteroatoms. The highest BCUT2D eigenvalue weighted by atomic mass is 35.5. The Labute approximate surface area is 158 Å². The molecule has 0 unspecified atom stereocenters. The number of benzene rings is 1. The summed E-state index contributed by atoms with van der Waals surface area (Å²) in [5.74, 6) is 0.920. The van der Waals surface area contributed by atoms with Gasteiger partial charge in [-0.25, -0.2) is 9.78 Å². The van der Waals surface area contributed by atoms with Crippen LogP contribution in [0, 0.1) is 0 Å². The lowest BCUT2D eigenvalue weighted by atomic mass is 10.3. The molecule has 1 aliphatic rings. The van der Waals surface area contributed by atoms with Crippen molar-refractivity contribution in [2.45, 2.75) is 12.8 Å². The van der Waals surface area contributed by atoms with Gasteiger partial charge in [-0.05, 0) is 24.6 Å². The SMILES string of the molecule is COCCN1CCN(C(=O)NCCCc2nc3ccc(Cl)cc3[nH]2)CC1. The van der Waals surface area contributed by atoms with Crippen LogP contribution in [0.4, 0.5) is 4.79 Å². The first-order valence-electron chi connectivity index (χ1n) is 9.04. The van der Waals surface area contributed by atoms with Gasteiger partial charge in [0.05, 0.1) is 17.6 Å². The number of methoxy groups -OCH3 is 1. The summed E-state index contributed by atoms with van der Waals surface area (Å²) >= 11 is 5.99. The third-order valence-electron chi connectivity index (χ3n) is 4.63. The number of ether oxygens (including phenoxy) is 1. The van der Waals surface area contributed by atoms with Crippen LogP contribution >= 0.6 is 11.6 Å². The largest absolute Gasteiger partial charge is 0.383 e. The van der Waals surface area contributed by atoms with E-state index in [0.717, 1.165) is 69.0 Å². The van der Waals surface area contributed by atoms with Gasteiger partial charge >= 0.3 is 6.03 Å². The van der Waals surface area contributed by atoms with Crippen LogP contribution in [0.2, 0.25) is 5.02 Å². The van der Waals surface area contributed by atoms with Gasteiger partial charge in [0.25, 0.3) is 0 Å². The zero-order valence-electron chi connectivity index (χ0n) is 15.1. The van der Waals surface area contributed by atoms with Crippen LogP contribution in [0.3, 0.4) is 0 Å². The predicted octanol–water partition coefficient (Wildman–Crippen LogP) is 2.12. The third-order valence-corrected chi connectivity index (χ3v) is 4.87. The quantitative estimate of drug-likeness (QED) is 0.723. The second-order valence-corrected chi connectivity index (χ2v) is 6.94. The van der Waals surface area contributed by atoms with Crippen molar-refractivity contribution in [2.75, 3.05) is 53.0 Å². The minimum absolute atomic E-state index is 0.0211. The molecule has 1 aromatic carbocycles. The molecular weight excluding hydrogens is 354 g/mol. The number of hydrogen-bond acceptors (Lipinski definition) is 4. The number of rotatable bonds is 7. The molecule has 0 saturated carbocycles. The van der Waals surface area contributed by atoms with E-state index in [9.17, 15) is 4.79 Å². The van der Waals surface area contributed by atoms with E-state index in [1.807, 2.05) is 23.1 Å². The first-order chi connectivity index (χ1) is 12.7. The molecule has 2 N–H and O–H groups in total. The maximum absolute atomic E-state index is 12.2. The van der Waals surface area contributed by atoms with E-state index in [1.165, 1.54) is 0 Å². The van der Waals surface area contributed by atoms with Crippen LogP contribution in [0.5, 0.6) is 0 Å². The number of nitrogens with zero attached hydrogens (tertiary/aromatic N) is 3. The fraction of sp³-hybridized carbons (Fsp3) is 0.556. The Bertz CT molecular complexity index is 727. The standard InChI is InChI=1S/C18H26ClN5O2/c1-26-12-11-23-7-9-24(10-8-23)18(25)20-6-2-3-17-21-15-5-4-14(19)13-16(15)22-17/h4-5,13H,2-3,6-12H2,1H3,(H,20,25)(H,21,22). The van der Waals surface area contributed by atoms with Gasteiger partial charge in [-0.15, -0.1) is 0 Å². The Balaban J connectivity index is 1.36. The number of imidazole rings is 1. The highest BCUT2D eigenvalue weighted by Crippen LogP contribution is 2.17. The van der Waals surface area contributed by atoms with Gasteiger partial charge in [-0.3, -0.25) is 4.90 Å². The molecule has 0 spiro atoms. The van der Waals surface area contributed by atoms with Gasteiger partial charge in [0.15, 0.2) is 0 Å². The number of fused-ring (bicyclic) bond motifs is 1. The van der Waals surface area contributed by atoms with Crippen molar-refractivity contribution >= 4 is 28.7 Å². The number of carbonyl (C=O) groups excluding carboxylic acids is 1. The number of nitrogens with one attached hydrogen (secondary N) is 2. The summed E-state index contributed by atoms with van der Waals surface area (Å²) in [5.41, 5.74) is 1.86. The lowest BCUT2D eigenvalue weighted by molar-refractivity contribution is 0.106. The molecule has 7 nitrogen and oxygen atoms in total. The summed E-state index contributed by atoms with van der Waals surface area (Å²) in [5, 5.41) is 3.70. The van der Waals surface area contributed by atoms with Crippen LogP contribution in [0.15, 0.2) is 18.2 Å². The minimum Gasteiger partial charge on any atom is -0.383 e. The second kappa shape index (κ2) is 9.21. The normalized spacial score (nSPS) is 15.5. The maximum atomic E-state index is 12.2. The first-order valence-corrected chi connectivity index (χ1v) is 9.42. The number of amides is 2. The molecule has 0 radical (unpaired) electrons. The highest BCUT2D eigenvalue weighted by molar-refractivity contribution is 6.31. The summed E-state index contributed by atoms with van der Waals surface area (Å²) in [6, 6.07) is 5.64. The summed E-state index contributed by atoms with van der Waals surface area (Å²) in [6.45, 7) is 5.63. The summed E-state index contributed by atoms with van der Waals surface area (Å²) in [6.07, 6.45) is 1.63. The number of hydrogen-bond donors (Lipinski definition) is 2. The van der Waals surface area contributed by atoms with Crippen molar-refractivity contribution in [1.82, 2.24) is 25.1 Å². The average molecular weight is 380 g/mol. The number of piperazine rings is 1. The monoisotopic (exact) mass is 379 g/mol. The van der Waals surface area contributed by atoms with E-state index >= 15 is 0 Å². The molecule has 26 heavy (non-hydrogen) atoms. The molecule has 2 amide bonds. The number of aromatic nitrogens is 2. The second-order valence-electron chi connectivity index (χ2n) is 6.50. The lowest BCUT2D eigenvalue weighted by Crippen LogP contribution is -2.52. The Morgan fingerprint density at radius 1 is 1.35 bits per heavy atom. The van der Waals surface area contributed by atoms with E-state index in [2.05, 4.69) is 20.2 Å². The van der Waals surface area contributed by atoms with Gasteiger partial charge < -0.3 is 19.9 Å². The molecule has 1 saturated heterocycles. The maximum Gasteiger partial charge on any atom is 0.317 e. The molecule has 3 rings (SSSR count). The number of aromatic amines is 1. The van der Waals surface area contributed by atoms with Crippen molar-refractivity contribution in [3.63, 3.8) is 0 Å². The summed E-state index contributed by atoms with van der Waals surface area (Å²) < 4.78 is 5.10. The van der Waals surface area contributed by atoms with E-state index in [1.54, 1.807) is 7.11 Å². The van der Waals surface area contributed by atoms with E-state index in [4.69, 9.17) is 16.3 Å². The summed E-state index contributed by atoms with van der Waals surface area (Å²) in [7, 11) is 1.71. The molecule has 142 valence electrons. The molecule has 1 fully saturated rings. The van der Waals surface area contributed by atoms with E-state index in [0.29, 0.717) is 11.6 Å². The molecule has 2 heterocycles. The zero-order chi connectivity index (χ0) is 18.4.